The van der Waals surface area contributed by atoms with Crippen LogP contribution in [0.2, 0.25) is 0 Å². The third kappa shape index (κ3) is 4.00. The molecule has 3 rings (SSSR count). The summed E-state index contributed by atoms with van der Waals surface area (Å²) in [6.45, 7) is 0. The fourth-order valence-corrected chi connectivity index (χ4v) is 2.63. The van der Waals surface area contributed by atoms with Gasteiger partial charge in [0.2, 0.25) is 0 Å². The van der Waals surface area contributed by atoms with E-state index in [1.54, 1.807) is 12.1 Å². The van der Waals surface area contributed by atoms with Gasteiger partial charge in [0, 0.05) is 10.8 Å². The number of phenols is 1. The number of aromatic hydroxyl groups is 1. The zero-order chi connectivity index (χ0) is 16.4. The first-order valence-electron chi connectivity index (χ1n) is 6.65. The van der Waals surface area contributed by atoms with Crippen LogP contribution in [0.25, 0.3) is 10.8 Å². The van der Waals surface area contributed by atoms with Crippen molar-refractivity contribution in [1.29, 1.82) is 0 Å². The standard InChI is InChI=1S/C16H12N2O4S.Na/c19-16-10-9-15(13-3-1-2-4-14(13)16)18-17-11-5-7-12(8-6-11)23(20,21)22;/h1-10,19H,(H,20,21,22);/q;+1. The van der Waals surface area contributed by atoms with Crippen molar-refractivity contribution in [3.8, 4) is 5.75 Å². The Bertz CT molecular complexity index is 1000. The van der Waals surface area contributed by atoms with E-state index in [9.17, 15) is 13.5 Å². The van der Waals surface area contributed by atoms with Crippen LogP contribution >= 0.6 is 0 Å². The van der Waals surface area contributed by atoms with Crippen molar-refractivity contribution in [3.63, 3.8) is 0 Å². The summed E-state index contributed by atoms with van der Waals surface area (Å²) in [5.41, 5.74) is 1.02. The molecule has 0 amide bonds. The van der Waals surface area contributed by atoms with Crippen LogP contribution < -0.4 is 29.6 Å². The van der Waals surface area contributed by atoms with Crippen molar-refractivity contribution in [3.05, 3.63) is 60.7 Å². The molecular weight excluding hydrogens is 339 g/mol. The van der Waals surface area contributed by atoms with Gasteiger partial charge in [-0.2, -0.15) is 13.5 Å². The second kappa shape index (κ2) is 7.42. The van der Waals surface area contributed by atoms with Gasteiger partial charge in [0.1, 0.15) is 5.75 Å². The smallest absolute Gasteiger partial charge is 0.507 e. The monoisotopic (exact) mass is 351 g/mol. The summed E-state index contributed by atoms with van der Waals surface area (Å²) in [6, 6.07) is 15.8. The maximum atomic E-state index is 11.0. The Hall–Kier alpha value is -1.77. The molecular formula is C16H12N2NaO4S+. The van der Waals surface area contributed by atoms with Gasteiger partial charge in [-0.3, -0.25) is 4.55 Å². The van der Waals surface area contributed by atoms with Gasteiger partial charge < -0.3 is 5.11 Å². The molecule has 0 unspecified atom stereocenters. The van der Waals surface area contributed by atoms with E-state index < -0.39 is 10.1 Å². The Balaban J connectivity index is 0.00000208. The summed E-state index contributed by atoms with van der Waals surface area (Å²) in [7, 11) is -4.22. The molecule has 0 radical (unpaired) electrons. The average molecular weight is 351 g/mol. The number of benzene rings is 3. The first-order valence-corrected chi connectivity index (χ1v) is 8.09. The van der Waals surface area contributed by atoms with E-state index in [2.05, 4.69) is 10.2 Å². The number of nitrogens with zero attached hydrogens (tertiary/aromatic N) is 2. The van der Waals surface area contributed by atoms with E-state index >= 15 is 0 Å². The van der Waals surface area contributed by atoms with Crippen LogP contribution in [0.4, 0.5) is 11.4 Å². The molecule has 0 heterocycles. The summed E-state index contributed by atoms with van der Waals surface area (Å²) < 4.78 is 30.9. The number of hydrogen-bond acceptors (Lipinski definition) is 5. The number of hydrogen-bond donors (Lipinski definition) is 2. The zero-order valence-electron chi connectivity index (χ0n) is 12.8. The minimum Gasteiger partial charge on any atom is -0.507 e. The van der Waals surface area contributed by atoms with E-state index in [4.69, 9.17) is 4.55 Å². The molecule has 0 aromatic heterocycles. The molecule has 116 valence electrons. The molecule has 24 heavy (non-hydrogen) atoms. The number of azo groups is 1. The molecule has 0 saturated heterocycles. The second-order valence-electron chi connectivity index (χ2n) is 4.82. The van der Waals surface area contributed by atoms with Gasteiger partial charge in [-0.15, -0.1) is 5.11 Å². The van der Waals surface area contributed by atoms with Crippen molar-refractivity contribution in [1.82, 2.24) is 0 Å². The molecule has 0 bridgehead atoms. The Morgan fingerprint density at radius 3 is 2.04 bits per heavy atom. The predicted molar refractivity (Wildman–Crippen MR) is 86.0 cm³/mol. The van der Waals surface area contributed by atoms with Crippen molar-refractivity contribution in [2.24, 2.45) is 10.2 Å². The summed E-state index contributed by atoms with van der Waals surface area (Å²) >= 11 is 0. The minimum atomic E-state index is -4.22. The molecule has 0 aliphatic carbocycles. The van der Waals surface area contributed by atoms with Crippen molar-refractivity contribution < 1.29 is 47.6 Å². The van der Waals surface area contributed by atoms with Gasteiger partial charge in [-0.25, -0.2) is 0 Å². The molecule has 3 aromatic carbocycles. The molecule has 6 nitrogen and oxygen atoms in total. The quantitative estimate of drug-likeness (QED) is 0.421. The molecule has 0 spiro atoms. The van der Waals surface area contributed by atoms with E-state index in [-0.39, 0.29) is 40.2 Å². The molecule has 0 aliphatic heterocycles. The number of rotatable bonds is 3. The fraction of sp³-hybridized carbons (Fsp3) is 0. The first kappa shape index (κ1) is 18.6. The zero-order valence-corrected chi connectivity index (χ0v) is 15.6. The second-order valence-corrected chi connectivity index (χ2v) is 6.24. The third-order valence-corrected chi connectivity index (χ3v) is 4.15. The normalized spacial score (nSPS) is 11.5. The van der Waals surface area contributed by atoms with Gasteiger partial charge in [0.05, 0.1) is 16.3 Å². The van der Waals surface area contributed by atoms with Crippen molar-refractivity contribution in [2.45, 2.75) is 4.90 Å². The topological polar surface area (TPSA) is 99.3 Å². The first-order chi connectivity index (χ1) is 10.9. The summed E-state index contributed by atoms with van der Waals surface area (Å²) in [5.74, 6) is 0.164. The maximum absolute atomic E-state index is 11.0. The van der Waals surface area contributed by atoms with Gasteiger partial charge in [-0.1, -0.05) is 24.3 Å². The van der Waals surface area contributed by atoms with Crippen LogP contribution in [-0.2, 0) is 10.1 Å². The van der Waals surface area contributed by atoms with Gasteiger partial charge in [0.25, 0.3) is 10.1 Å². The largest absolute Gasteiger partial charge is 1.00 e. The molecule has 2 N–H and O–H groups in total. The van der Waals surface area contributed by atoms with Gasteiger partial charge >= 0.3 is 29.6 Å². The van der Waals surface area contributed by atoms with Crippen molar-refractivity contribution >= 4 is 32.3 Å². The molecule has 0 saturated carbocycles. The Labute approximate surface area is 160 Å². The molecule has 8 heteroatoms. The fourth-order valence-electron chi connectivity index (χ4n) is 2.15. The Kier molecular flexibility index (Phi) is 5.74. The summed E-state index contributed by atoms with van der Waals surface area (Å²) in [6.07, 6.45) is 0. The number of phenolic OH excluding ortho intramolecular Hbond substituents is 1. The maximum Gasteiger partial charge on any atom is 1.00 e. The van der Waals surface area contributed by atoms with Gasteiger partial charge in [-0.05, 0) is 36.4 Å². The molecule has 0 aliphatic rings. The van der Waals surface area contributed by atoms with Crippen LogP contribution in [0.1, 0.15) is 0 Å². The Morgan fingerprint density at radius 2 is 1.42 bits per heavy atom. The molecule has 3 aromatic rings. The summed E-state index contributed by atoms with van der Waals surface area (Å²) in [5, 5.41) is 19.4. The van der Waals surface area contributed by atoms with E-state index in [1.165, 1.54) is 30.3 Å². The van der Waals surface area contributed by atoms with E-state index in [1.807, 2.05) is 18.2 Å². The third-order valence-electron chi connectivity index (χ3n) is 3.29. The van der Waals surface area contributed by atoms with Gasteiger partial charge in [0.15, 0.2) is 0 Å². The van der Waals surface area contributed by atoms with E-state index in [0.717, 1.165) is 5.39 Å². The van der Waals surface area contributed by atoms with Crippen LogP contribution in [0, 0.1) is 0 Å². The summed E-state index contributed by atoms with van der Waals surface area (Å²) in [4.78, 5) is -0.202. The van der Waals surface area contributed by atoms with E-state index in [0.29, 0.717) is 16.8 Å². The minimum absolute atomic E-state index is 0. The SMILES string of the molecule is O=S(=O)(O)c1ccc(N=Nc2ccc(O)c3ccccc23)cc1.[Na+]. The molecule has 0 atom stereocenters. The van der Waals surface area contributed by atoms with Crippen LogP contribution in [-0.4, -0.2) is 18.1 Å². The van der Waals surface area contributed by atoms with Crippen LogP contribution in [0.5, 0.6) is 5.75 Å². The molecule has 0 fully saturated rings. The van der Waals surface area contributed by atoms with Crippen molar-refractivity contribution in [2.75, 3.05) is 0 Å². The number of fused-ring (bicyclic) bond motifs is 1. The predicted octanol–water partition coefficient (Wildman–Crippen LogP) is 1.21. The average Bonchev–Trinajstić information content (AvgIpc) is 2.54. The van der Waals surface area contributed by atoms with Crippen LogP contribution in [0.3, 0.4) is 0 Å². The Morgan fingerprint density at radius 1 is 0.792 bits per heavy atom. The van der Waals surface area contributed by atoms with Crippen LogP contribution in [0.15, 0.2) is 75.8 Å².